The molecule has 8 nitrogen and oxygen atoms in total. The van der Waals surface area contributed by atoms with Crippen molar-refractivity contribution in [3.63, 3.8) is 0 Å². The Morgan fingerprint density at radius 2 is 1.12 bits per heavy atom. The molecule has 1 unspecified atom stereocenters. The molecule has 5 aromatic rings. The van der Waals surface area contributed by atoms with Crippen LogP contribution in [0.3, 0.4) is 0 Å². The largest absolute Gasteiger partial charge is 0.467 e. The van der Waals surface area contributed by atoms with Crippen molar-refractivity contribution in [2.24, 2.45) is 0 Å². The van der Waals surface area contributed by atoms with E-state index in [1.807, 2.05) is 140 Å². The van der Waals surface area contributed by atoms with E-state index in [4.69, 9.17) is 9.47 Å². The van der Waals surface area contributed by atoms with Crippen molar-refractivity contribution in [3.05, 3.63) is 167 Å². The number of fused-ring (bicyclic) bond motifs is 3. The van der Waals surface area contributed by atoms with Crippen LogP contribution in [-0.4, -0.2) is 48.9 Å². The highest BCUT2D eigenvalue weighted by Crippen LogP contribution is 2.44. The van der Waals surface area contributed by atoms with Gasteiger partial charge in [-0.25, -0.2) is 9.59 Å². The summed E-state index contributed by atoms with van der Waals surface area (Å²) < 4.78 is 10.5. The van der Waals surface area contributed by atoms with Crippen molar-refractivity contribution in [1.29, 1.82) is 0 Å². The second-order valence-electron chi connectivity index (χ2n) is 11.6. The minimum atomic E-state index is -1.83. The molecular weight excluding hydrogens is 604 g/mol. The van der Waals surface area contributed by atoms with Gasteiger partial charge >= 0.3 is 12.1 Å². The third-order valence-corrected chi connectivity index (χ3v) is 8.82. The molecule has 2 amide bonds. The summed E-state index contributed by atoms with van der Waals surface area (Å²) in [5, 5.41) is 16.7. The molecular formula is C40H36N2O6. The van der Waals surface area contributed by atoms with Crippen molar-refractivity contribution in [1.82, 2.24) is 10.6 Å². The quantitative estimate of drug-likeness (QED) is 0.122. The zero-order valence-corrected chi connectivity index (χ0v) is 26.4. The van der Waals surface area contributed by atoms with Gasteiger partial charge in [0, 0.05) is 5.92 Å². The van der Waals surface area contributed by atoms with Gasteiger partial charge < -0.3 is 25.2 Å². The number of hydrogen-bond acceptors (Lipinski definition) is 6. The van der Waals surface area contributed by atoms with Gasteiger partial charge in [0.15, 0.2) is 6.10 Å². The standard InChI is InChI=1S/C40H36N2O6/c1-47-38(45)37(44)35(41-39(46)48-26-34-32-23-13-11-21-30(32)31-22-12-14-24-33(31)34)25-36(43)42-40(27-15-5-2-6-16-27,28-17-7-3-8-18-28)29-19-9-4-10-20-29/h2-24,34-35,37,44H,25-26H2,1H3,(H,41,46)(H,42,43)/t35-,37?/m0/s1. The molecule has 0 radical (unpaired) electrons. The molecule has 3 N–H and O–H groups in total. The molecule has 2 atom stereocenters. The first-order valence-electron chi connectivity index (χ1n) is 15.8. The Morgan fingerprint density at radius 1 is 0.688 bits per heavy atom. The van der Waals surface area contributed by atoms with Crippen molar-refractivity contribution in [3.8, 4) is 11.1 Å². The fourth-order valence-electron chi connectivity index (χ4n) is 6.56. The Balaban J connectivity index is 1.25. The van der Waals surface area contributed by atoms with E-state index in [1.54, 1.807) is 0 Å². The number of aliphatic hydroxyl groups excluding tert-OH is 1. The van der Waals surface area contributed by atoms with Crippen LogP contribution in [0.5, 0.6) is 0 Å². The van der Waals surface area contributed by atoms with E-state index in [0.717, 1.165) is 46.1 Å². The summed E-state index contributed by atoms with van der Waals surface area (Å²) in [6, 6.07) is 43.2. The van der Waals surface area contributed by atoms with Gasteiger partial charge in [0.25, 0.3) is 0 Å². The lowest BCUT2D eigenvalue weighted by molar-refractivity contribution is -0.152. The summed E-state index contributed by atoms with van der Waals surface area (Å²) in [6.45, 7) is 0.0201. The zero-order chi connectivity index (χ0) is 33.5. The average molecular weight is 641 g/mol. The number of carbonyl (C=O) groups excluding carboxylic acids is 3. The Kier molecular flexibility index (Phi) is 9.64. The lowest BCUT2D eigenvalue weighted by Crippen LogP contribution is -2.53. The lowest BCUT2D eigenvalue weighted by Gasteiger charge is -2.37. The van der Waals surface area contributed by atoms with Crippen molar-refractivity contribution in [2.45, 2.75) is 30.0 Å². The number of esters is 1. The summed E-state index contributed by atoms with van der Waals surface area (Å²) in [5.41, 5.74) is 5.49. The Bertz CT molecular complexity index is 1740. The van der Waals surface area contributed by atoms with E-state index < -0.39 is 42.1 Å². The van der Waals surface area contributed by atoms with Gasteiger partial charge in [-0.15, -0.1) is 0 Å². The van der Waals surface area contributed by atoms with E-state index in [-0.39, 0.29) is 12.5 Å². The van der Waals surface area contributed by atoms with Crippen molar-refractivity contribution in [2.75, 3.05) is 13.7 Å². The van der Waals surface area contributed by atoms with Gasteiger partial charge in [-0.2, -0.15) is 0 Å². The molecule has 0 fully saturated rings. The average Bonchev–Trinajstić information content (AvgIpc) is 3.46. The summed E-state index contributed by atoms with van der Waals surface area (Å²) in [7, 11) is 1.13. The highest BCUT2D eigenvalue weighted by molar-refractivity contribution is 5.83. The molecule has 1 aliphatic rings. The second-order valence-corrected chi connectivity index (χ2v) is 11.6. The van der Waals surface area contributed by atoms with Crippen molar-refractivity contribution < 1.29 is 29.0 Å². The van der Waals surface area contributed by atoms with Crippen LogP contribution >= 0.6 is 0 Å². The van der Waals surface area contributed by atoms with E-state index in [9.17, 15) is 19.5 Å². The van der Waals surface area contributed by atoms with Crippen LogP contribution < -0.4 is 10.6 Å². The molecule has 8 heteroatoms. The molecule has 6 rings (SSSR count). The summed E-state index contributed by atoms with van der Waals surface area (Å²) in [6.07, 6.45) is -3.16. The maximum Gasteiger partial charge on any atom is 0.407 e. The molecule has 0 spiro atoms. The number of carbonyl (C=O) groups is 3. The summed E-state index contributed by atoms with van der Waals surface area (Å²) in [5.74, 6) is -1.72. The van der Waals surface area contributed by atoms with E-state index >= 15 is 0 Å². The Labute approximate surface area is 279 Å². The van der Waals surface area contributed by atoms with Gasteiger partial charge in [0.05, 0.1) is 19.6 Å². The summed E-state index contributed by atoms with van der Waals surface area (Å²) >= 11 is 0. The summed E-state index contributed by atoms with van der Waals surface area (Å²) in [4.78, 5) is 39.8. The number of nitrogens with one attached hydrogen (secondary N) is 2. The van der Waals surface area contributed by atoms with Gasteiger partial charge in [0.2, 0.25) is 5.91 Å². The van der Waals surface area contributed by atoms with Crippen LogP contribution in [0.25, 0.3) is 11.1 Å². The number of hydrogen-bond donors (Lipinski definition) is 3. The van der Waals surface area contributed by atoms with Crippen LogP contribution in [0.4, 0.5) is 4.79 Å². The molecule has 0 heterocycles. The number of amides is 2. The Morgan fingerprint density at radius 3 is 1.58 bits per heavy atom. The first-order valence-corrected chi connectivity index (χ1v) is 15.8. The molecule has 5 aromatic carbocycles. The molecule has 0 aliphatic heterocycles. The minimum absolute atomic E-state index is 0.0201. The van der Waals surface area contributed by atoms with Crippen LogP contribution in [-0.2, 0) is 24.6 Å². The highest BCUT2D eigenvalue weighted by atomic mass is 16.6. The number of alkyl carbamates (subject to hydrolysis) is 1. The van der Waals surface area contributed by atoms with Gasteiger partial charge in [0.1, 0.15) is 12.1 Å². The number of methoxy groups -OCH3 is 1. The van der Waals surface area contributed by atoms with Crippen LogP contribution in [0.2, 0.25) is 0 Å². The molecule has 0 saturated carbocycles. The topological polar surface area (TPSA) is 114 Å². The zero-order valence-electron chi connectivity index (χ0n) is 26.4. The predicted molar refractivity (Wildman–Crippen MR) is 182 cm³/mol. The van der Waals surface area contributed by atoms with E-state index in [1.165, 1.54) is 0 Å². The number of benzene rings is 5. The van der Waals surface area contributed by atoms with Gasteiger partial charge in [-0.3, -0.25) is 4.79 Å². The second kappa shape index (κ2) is 14.4. The molecule has 48 heavy (non-hydrogen) atoms. The van der Waals surface area contributed by atoms with Gasteiger partial charge in [-0.05, 0) is 38.9 Å². The van der Waals surface area contributed by atoms with Crippen LogP contribution in [0, 0.1) is 0 Å². The monoisotopic (exact) mass is 640 g/mol. The predicted octanol–water partition coefficient (Wildman–Crippen LogP) is 5.93. The van der Waals surface area contributed by atoms with Crippen LogP contribution in [0.1, 0.15) is 40.2 Å². The maximum absolute atomic E-state index is 14.1. The van der Waals surface area contributed by atoms with E-state index in [0.29, 0.717) is 0 Å². The number of aliphatic hydroxyl groups is 1. The lowest BCUT2D eigenvalue weighted by atomic mass is 9.77. The first kappa shape index (κ1) is 32.2. The molecule has 242 valence electrons. The van der Waals surface area contributed by atoms with Crippen LogP contribution in [0.15, 0.2) is 140 Å². The third kappa shape index (κ3) is 6.43. The number of rotatable bonds is 11. The fraction of sp³-hybridized carbons (Fsp3) is 0.175. The third-order valence-electron chi connectivity index (χ3n) is 8.82. The molecule has 0 bridgehead atoms. The number of ether oxygens (including phenoxy) is 2. The van der Waals surface area contributed by atoms with E-state index in [2.05, 4.69) is 10.6 Å². The highest BCUT2D eigenvalue weighted by Gasteiger charge is 2.40. The molecule has 0 saturated heterocycles. The van der Waals surface area contributed by atoms with Crippen molar-refractivity contribution >= 4 is 18.0 Å². The first-order chi connectivity index (χ1) is 23.4. The smallest absolute Gasteiger partial charge is 0.407 e. The SMILES string of the molecule is COC(=O)C(O)[C@H](CC(=O)NC(c1ccccc1)(c1ccccc1)c1ccccc1)NC(=O)OCC1c2ccccc2-c2ccccc21. The maximum atomic E-state index is 14.1. The van der Waals surface area contributed by atoms with Gasteiger partial charge in [-0.1, -0.05) is 140 Å². The normalized spacial score (nSPS) is 13.4. The Hall–Kier alpha value is -5.73. The fourth-order valence-corrected chi connectivity index (χ4v) is 6.56. The molecule has 1 aliphatic carbocycles. The molecule has 0 aromatic heterocycles. The minimum Gasteiger partial charge on any atom is -0.467 e.